The third kappa shape index (κ3) is 3.88. The summed E-state index contributed by atoms with van der Waals surface area (Å²) >= 11 is 1.56. The van der Waals surface area contributed by atoms with Gasteiger partial charge in [0.1, 0.15) is 11.5 Å². The summed E-state index contributed by atoms with van der Waals surface area (Å²) < 4.78 is 15.4. The topological polar surface area (TPSA) is 88.2 Å². The number of pyridine rings is 1. The van der Waals surface area contributed by atoms with Crippen molar-refractivity contribution in [1.82, 2.24) is 24.3 Å². The minimum Gasteiger partial charge on any atom is -0.392 e. The first-order valence-electron chi connectivity index (χ1n) is 9.54. The zero-order valence-corrected chi connectivity index (χ0v) is 17.1. The maximum atomic E-state index is 13.5. The van der Waals surface area contributed by atoms with Gasteiger partial charge in [-0.3, -0.25) is 9.38 Å². The highest BCUT2D eigenvalue weighted by atomic mass is 32.1. The number of hydrogen-bond acceptors (Lipinski definition) is 7. The van der Waals surface area contributed by atoms with Gasteiger partial charge in [-0.1, -0.05) is 0 Å². The maximum absolute atomic E-state index is 13.5. The largest absolute Gasteiger partial charge is 0.392 e. The van der Waals surface area contributed by atoms with Gasteiger partial charge in [0.05, 0.1) is 35.7 Å². The summed E-state index contributed by atoms with van der Waals surface area (Å²) in [6.07, 6.45) is 5.34. The number of nitrogens with zero attached hydrogens (tertiary/aromatic N) is 5. The molecule has 2 N–H and O–H groups in total. The summed E-state index contributed by atoms with van der Waals surface area (Å²) in [5, 5.41) is 12.7. The van der Waals surface area contributed by atoms with E-state index in [4.69, 9.17) is 4.98 Å². The van der Waals surface area contributed by atoms with E-state index in [0.29, 0.717) is 29.5 Å². The number of thiazole rings is 1. The van der Waals surface area contributed by atoms with E-state index in [-0.39, 0.29) is 12.4 Å². The molecule has 7 nitrogen and oxygen atoms in total. The lowest BCUT2D eigenvalue weighted by Crippen LogP contribution is -2.03. The van der Waals surface area contributed by atoms with Crippen molar-refractivity contribution in [1.29, 1.82) is 0 Å². The minimum atomic E-state index is -0.312. The van der Waals surface area contributed by atoms with Crippen LogP contribution in [0.2, 0.25) is 0 Å². The fraction of sp³-hybridized carbons (Fsp3) is 0.0909. The van der Waals surface area contributed by atoms with Crippen molar-refractivity contribution in [2.45, 2.75) is 13.2 Å². The SMILES string of the molecule is OCc1ccn2c(-c3ccnc(NCc4cncs4)n3)c(-c3ccc(F)cc3)nc2c1. The second-order valence-corrected chi connectivity index (χ2v) is 7.79. The second kappa shape index (κ2) is 8.21. The van der Waals surface area contributed by atoms with E-state index >= 15 is 0 Å². The number of anilines is 1. The average Bonchev–Trinajstić information content (AvgIpc) is 3.45. The number of rotatable bonds is 6. The van der Waals surface area contributed by atoms with Crippen molar-refractivity contribution < 1.29 is 9.50 Å². The van der Waals surface area contributed by atoms with Gasteiger partial charge < -0.3 is 10.4 Å². The molecular weight excluding hydrogens is 415 g/mol. The van der Waals surface area contributed by atoms with Crippen molar-refractivity contribution in [3.63, 3.8) is 0 Å². The number of fused-ring (bicyclic) bond motifs is 1. The summed E-state index contributed by atoms with van der Waals surface area (Å²) in [4.78, 5) is 18.9. The van der Waals surface area contributed by atoms with Crippen LogP contribution in [0, 0.1) is 5.82 Å². The highest BCUT2D eigenvalue weighted by molar-refractivity contribution is 7.09. The number of imidazole rings is 1. The van der Waals surface area contributed by atoms with Crippen molar-refractivity contribution in [2.75, 3.05) is 5.32 Å². The van der Waals surface area contributed by atoms with E-state index in [9.17, 15) is 9.50 Å². The third-order valence-corrected chi connectivity index (χ3v) is 5.57. The first-order valence-corrected chi connectivity index (χ1v) is 10.4. The van der Waals surface area contributed by atoms with Crippen LogP contribution < -0.4 is 5.32 Å². The lowest BCUT2D eigenvalue weighted by Gasteiger charge is -2.08. The number of aromatic nitrogens is 5. The quantitative estimate of drug-likeness (QED) is 0.419. The summed E-state index contributed by atoms with van der Waals surface area (Å²) in [5.74, 6) is 0.172. The van der Waals surface area contributed by atoms with Gasteiger partial charge in [0, 0.05) is 29.0 Å². The molecule has 5 aromatic rings. The van der Waals surface area contributed by atoms with E-state index in [0.717, 1.165) is 21.7 Å². The van der Waals surface area contributed by atoms with E-state index in [2.05, 4.69) is 20.3 Å². The van der Waals surface area contributed by atoms with E-state index in [1.807, 2.05) is 28.8 Å². The molecule has 0 radical (unpaired) electrons. The highest BCUT2D eigenvalue weighted by Crippen LogP contribution is 2.32. The van der Waals surface area contributed by atoms with Crippen molar-refractivity contribution in [3.8, 4) is 22.6 Å². The molecule has 0 atom stereocenters. The Morgan fingerprint density at radius 2 is 1.97 bits per heavy atom. The molecule has 0 saturated heterocycles. The Morgan fingerprint density at radius 3 is 2.74 bits per heavy atom. The van der Waals surface area contributed by atoms with Gasteiger partial charge in [0.15, 0.2) is 0 Å². The standard InChI is InChI=1S/C22H17FN6OS/c23-16-3-1-15(2-4-16)20-21(29-8-6-14(12-30)9-19(29)28-20)18-5-7-25-22(27-18)26-11-17-10-24-13-31-17/h1-10,13,30H,11-12H2,(H,25,26,27). The average molecular weight is 432 g/mol. The molecule has 154 valence electrons. The Kier molecular flexibility index (Phi) is 5.11. The molecule has 0 amide bonds. The number of halogens is 1. The van der Waals surface area contributed by atoms with Gasteiger partial charge in [-0.05, 0) is 48.0 Å². The second-order valence-electron chi connectivity index (χ2n) is 6.82. The van der Waals surface area contributed by atoms with Crippen LogP contribution >= 0.6 is 11.3 Å². The Morgan fingerprint density at radius 1 is 1.10 bits per heavy atom. The molecule has 0 spiro atoms. The zero-order valence-electron chi connectivity index (χ0n) is 16.2. The number of aliphatic hydroxyl groups is 1. The first-order chi connectivity index (χ1) is 15.2. The maximum Gasteiger partial charge on any atom is 0.223 e. The van der Waals surface area contributed by atoms with Gasteiger partial charge in [0.2, 0.25) is 5.95 Å². The van der Waals surface area contributed by atoms with E-state index < -0.39 is 0 Å². The summed E-state index contributed by atoms with van der Waals surface area (Å²) in [5.41, 5.74) is 6.07. The van der Waals surface area contributed by atoms with E-state index in [1.165, 1.54) is 12.1 Å². The Labute approximate surface area is 180 Å². The van der Waals surface area contributed by atoms with Gasteiger partial charge in [0.25, 0.3) is 0 Å². The predicted octanol–water partition coefficient (Wildman–Crippen LogP) is 4.16. The molecule has 0 aliphatic heterocycles. The predicted molar refractivity (Wildman–Crippen MR) is 117 cm³/mol. The molecule has 31 heavy (non-hydrogen) atoms. The van der Waals surface area contributed by atoms with Crippen molar-refractivity contribution in [2.24, 2.45) is 0 Å². The number of aliphatic hydroxyl groups excluding tert-OH is 1. The molecule has 4 heterocycles. The molecule has 0 bridgehead atoms. The summed E-state index contributed by atoms with van der Waals surface area (Å²) in [7, 11) is 0. The van der Waals surface area contributed by atoms with Crippen LogP contribution in [0.1, 0.15) is 10.4 Å². The van der Waals surface area contributed by atoms with Gasteiger partial charge in [-0.2, -0.15) is 0 Å². The van der Waals surface area contributed by atoms with Crippen LogP contribution in [0.3, 0.4) is 0 Å². The van der Waals surface area contributed by atoms with Crippen LogP contribution in [0.4, 0.5) is 10.3 Å². The molecule has 0 aliphatic carbocycles. The first kappa shape index (κ1) is 19.3. The lowest BCUT2D eigenvalue weighted by molar-refractivity contribution is 0.282. The fourth-order valence-electron chi connectivity index (χ4n) is 3.31. The number of nitrogens with one attached hydrogen (secondary N) is 1. The zero-order chi connectivity index (χ0) is 21.2. The molecule has 1 aromatic carbocycles. The molecule has 5 rings (SSSR count). The van der Waals surface area contributed by atoms with Crippen LogP contribution in [0.25, 0.3) is 28.3 Å². The van der Waals surface area contributed by atoms with Crippen LogP contribution in [0.15, 0.2) is 66.6 Å². The molecule has 0 saturated carbocycles. The molecule has 9 heteroatoms. The van der Waals surface area contributed by atoms with Crippen LogP contribution in [-0.2, 0) is 13.2 Å². The molecule has 0 aliphatic rings. The van der Waals surface area contributed by atoms with E-state index in [1.54, 1.807) is 41.4 Å². The van der Waals surface area contributed by atoms with Crippen LogP contribution in [-0.4, -0.2) is 29.4 Å². The molecule has 0 unspecified atom stereocenters. The molecule has 0 fully saturated rings. The molecular formula is C22H17FN6OS. The highest BCUT2D eigenvalue weighted by Gasteiger charge is 2.18. The minimum absolute atomic E-state index is 0.0796. The van der Waals surface area contributed by atoms with Crippen molar-refractivity contribution >= 4 is 22.9 Å². The normalized spacial score (nSPS) is 11.2. The van der Waals surface area contributed by atoms with Gasteiger partial charge in [-0.15, -0.1) is 11.3 Å². The summed E-state index contributed by atoms with van der Waals surface area (Å²) in [6, 6.07) is 11.7. The van der Waals surface area contributed by atoms with Gasteiger partial charge >= 0.3 is 0 Å². The summed E-state index contributed by atoms with van der Waals surface area (Å²) in [6.45, 7) is 0.496. The third-order valence-electron chi connectivity index (χ3n) is 4.79. The number of benzene rings is 1. The lowest BCUT2D eigenvalue weighted by atomic mass is 10.1. The fourth-order valence-corrected chi connectivity index (χ4v) is 3.84. The van der Waals surface area contributed by atoms with Crippen molar-refractivity contribution in [3.05, 3.63) is 82.8 Å². The Balaban J connectivity index is 1.61. The monoisotopic (exact) mass is 432 g/mol. The Bertz CT molecular complexity index is 1330. The molecule has 4 aromatic heterocycles. The number of hydrogen-bond donors (Lipinski definition) is 2. The van der Waals surface area contributed by atoms with Crippen LogP contribution in [0.5, 0.6) is 0 Å². The smallest absolute Gasteiger partial charge is 0.223 e. The Hall–Kier alpha value is -3.69. The van der Waals surface area contributed by atoms with Gasteiger partial charge in [-0.25, -0.2) is 19.3 Å².